The molecule has 152 valence electrons. The summed E-state index contributed by atoms with van der Waals surface area (Å²) in [4.78, 5) is 14.5. The largest absolute Gasteiger partial charge is 0.497 e. The molecule has 8 heteroatoms. The molecule has 1 heterocycles. The van der Waals surface area contributed by atoms with Crippen LogP contribution >= 0.6 is 0 Å². The molecule has 2 aromatic carbocycles. The quantitative estimate of drug-likeness (QED) is 0.630. The van der Waals surface area contributed by atoms with Crippen molar-refractivity contribution in [3.8, 4) is 17.2 Å². The lowest BCUT2D eigenvalue weighted by molar-refractivity contribution is 0.0700. The SMILES string of the molecule is COc1ccc(OC)c(CN(CCO)C(=O)c2ccn(-c3ccc(F)cc3)n2)c1. The fraction of sp³-hybridized carbons (Fsp3) is 0.238. The molecule has 1 N–H and O–H groups in total. The lowest BCUT2D eigenvalue weighted by atomic mass is 10.1. The van der Waals surface area contributed by atoms with Crippen LogP contribution in [0, 0.1) is 5.82 Å². The van der Waals surface area contributed by atoms with Gasteiger partial charge in [0.05, 0.1) is 26.5 Å². The molecule has 0 aliphatic heterocycles. The number of rotatable bonds is 8. The molecule has 0 spiro atoms. The average Bonchev–Trinajstić information content (AvgIpc) is 3.23. The fourth-order valence-corrected chi connectivity index (χ4v) is 2.92. The summed E-state index contributed by atoms with van der Waals surface area (Å²) in [6.07, 6.45) is 1.63. The third-order valence-corrected chi connectivity index (χ3v) is 4.41. The first-order chi connectivity index (χ1) is 14.0. The summed E-state index contributed by atoms with van der Waals surface area (Å²) >= 11 is 0. The zero-order valence-electron chi connectivity index (χ0n) is 16.2. The van der Waals surface area contributed by atoms with E-state index in [0.717, 1.165) is 5.56 Å². The highest BCUT2D eigenvalue weighted by molar-refractivity contribution is 5.92. The van der Waals surface area contributed by atoms with Gasteiger partial charge in [-0.15, -0.1) is 0 Å². The van der Waals surface area contributed by atoms with E-state index in [1.165, 1.54) is 21.7 Å². The van der Waals surface area contributed by atoms with Crippen LogP contribution in [-0.4, -0.2) is 53.1 Å². The lowest BCUT2D eigenvalue weighted by Gasteiger charge is -2.22. The van der Waals surface area contributed by atoms with Crippen LogP contribution in [0.5, 0.6) is 11.5 Å². The zero-order valence-corrected chi connectivity index (χ0v) is 16.2. The Balaban J connectivity index is 1.84. The van der Waals surface area contributed by atoms with Crippen LogP contribution in [0.15, 0.2) is 54.7 Å². The van der Waals surface area contributed by atoms with E-state index in [0.29, 0.717) is 17.2 Å². The minimum absolute atomic E-state index is 0.128. The van der Waals surface area contributed by atoms with Gasteiger partial charge in [-0.25, -0.2) is 9.07 Å². The van der Waals surface area contributed by atoms with Crippen molar-refractivity contribution < 1.29 is 23.8 Å². The Bertz CT molecular complexity index is 972. The van der Waals surface area contributed by atoms with Crippen molar-refractivity contribution in [3.63, 3.8) is 0 Å². The highest BCUT2D eigenvalue weighted by Crippen LogP contribution is 2.25. The van der Waals surface area contributed by atoms with Crippen LogP contribution in [0.1, 0.15) is 16.1 Å². The number of benzene rings is 2. The Kier molecular flexibility index (Phi) is 6.46. The predicted molar refractivity (Wildman–Crippen MR) is 105 cm³/mol. The van der Waals surface area contributed by atoms with Gasteiger partial charge in [-0.05, 0) is 48.5 Å². The Labute approximate surface area is 167 Å². The van der Waals surface area contributed by atoms with Gasteiger partial charge in [-0.1, -0.05) is 0 Å². The third-order valence-electron chi connectivity index (χ3n) is 4.41. The van der Waals surface area contributed by atoms with E-state index in [4.69, 9.17) is 9.47 Å². The standard InChI is InChI=1S/C21H22FN3O4/c1-28-18-7-8-20(29-2)15(13-18)14-24(11-12-26)21(27)19-9-10-25(23-19)17-5-3-16(22)4-6-17/h3-10,13,26H,11-12,14H2,1-2H3. The van der Waals surface area contributed by atoms with Crippen molar-refractivity contribution in [3.05, 3.63) is 71.8 Å². The number of amides is 1. The molecule has 7 nitrogen and oxygen atoms in total. The molecule has 0 atom stereocenters. The first-order valence-electron chi connectivity index (χ1n) is 8.98. The van der Waals surface area contributed by atoms with E-state index < -0.39 is 0 Å². The predicted octanol–water partition coefficient (Wildman–Crippen LogP) is 2.66. The molecule has 3 aromatic rings. The van der Waals surface area contributed by atoms with E-state index >= 15 is 0 Å². The normalized spacial score (nSPS) is 10.6. The molecular weight excluding hydrogens is 377 g/mol. The summed E-state index contributed by atoms with van der Waals surface area (Å²) in [6.45, 7) is 0.141. The average molecular weight is 399 g/mol. The second kappa shape index (κ2) is 9.20. The number of ether oxygens (including phenoxy) is 2. The third kappa shape index (κ3) is 4.72. The molecule has 0 unspecified atom stereocenters. The molecular formula is C21H22FN3O4. The van der Waals surface area contributed by atoms with E-state index in [2.05, 4.69) is 5.10 Å². The molecule has 0 saturated carbocycles. The highest BCUT2D eigenvalue weighted by atomic mass is 19.1. The number of carbonyl (C=O) groups is 1. The number of aliphatic hydroxyl groups excluding tert-OH is 1. The van der Waals surface area contributed by atoms with Crippen LogP contribution in [-0.2, 0) is 6.54 Å². The van der Waals surface area contributed by atoms with Gasteiger partial charge < -0.3 is 19.5 Å². The van der Waals surface area contributed by atoms with Gasteiger partial charge in [-0.2, -0.15) is 5.10 Å². The molecule has 1 aromatic heterocycles. The van der Waals surface area contributed by atoms with Crippen LogP contribution in [0.3, 0.4) is 0 Å². The maximum absolute atomic E-state index is 13.1. The van der Waals surface area contributed by atoms with Gasteiger partial charge in [-0.3, -0.25) is 4.79 Å². The topological polar surface area (TPSA) is 76.8 Å². The van der Waals surface area contributed by atoms with Crippen LogP contribution in [0.2, 0.25) is 0 Å². The van der Waals surface area contributed by atoms with Gasteiger partial charge in [0, 0.05) is 24.8 Å². The molecule has 1 amide bonds. The van der Waals surface area contributed by atoms with Crippen molar-refractivity contribution in [1.29, 1.82) is 0 Å². The summed E-state index contributed by atoms with van der Waals surface area (Å²) in [6, 6.07) is 12.7. The van der Waals surface area contributed by atoms with Gasteiger partial charge in [0.15, 0.2) is 5.69 Å². The van der Waals surface area contributed by atoms with E-state index in [-0.39, 0.29) is 37.1 Å². The number of methoxy groups -OCH3 is 2. The number of nitrogens with zero attached hydrogens (tertiary/aromatic N) is 3. The lowest BCUT2D eigenvalue weighted by Crippen LogP contribution is -2.33. The monoisotopic (exact) mass is 399 g/mol. The molecule has 0 aliphatic rings. The van der Waals surface area contributed by atoms with E-state index in [1.807, 2.05) is 0 Å². The molecule has 29 heavy (non-hydrogen) atoms. The number of hydrogen-bond acceptors (Lipinski definition) is 5. The van der Waals surface area contributed by atoms with Crippen molar-refractivity contribution in [2.75, 3.05) is 27.4 Å². The summed E-state index contributed by atoms with van der Waals surface area (Å²) in [5.74, 6) is 0.555. The van der Waals surface area contributed by atoms with Crippen molar-refractivity contribution in [2.24, 2.45) is 0 Å². The van der Waals surface area contributed by atoms with Crippen LogP contribution < -0.4 is 9.47 Å². The highest BCUT2D eigenvalue weighted by Gasteiger charge is 2.20. The minimum atomic E-state index is -0.349. The van der Waals surface area contributed by atoms with Gasteiger partial charge in [0.2, 0.25) is 0 Å². The molecule has 0 saturated heterocycles. The number of hydrogen-bond donors (Lipinski definition) is 1. The molecule has 3 rings (SSSR count). The Morgan fingerprint density at radius 1 is 1.14 bits per heavy atom. The molecule has 0 bridgehead atoms. The Morgan fingerprint density at radius 2 is 1.90 bits per heavy atom. The van der Waals surface area contributed by atoms with Crippen molar-refractivity contribution >= 4 is 5.91 Å². The molecule has 0 fully saturated rings. The zero-order chi connectivity index (χ0) is 20.8. The second-order valence-corrected chi connectivity index (χ2v) is 6.25. The maximum Gasteiger partial charge on any atom is 0.274 e. The van der Waals surface area contributed by atoms with Crippen LogP contribution in [0.4, 0.5) is 4.39 Å². The first-order valence-corrected chi connectivity index (χ1v) is 8.98. The Hall–Kier alpha value is -3.39. The van der Waals surface area contributed by atoms with E-state index in [1.54, 1.807) is 56.8 Å². The Morgan fingerprint density at radius 3 is 2.55 bits per heavy atom. The second-order valence-electron chi connectivity index (χ2n) is 6.25. The number of aromatic nitrogens is 2. The number of carbonyl (C=O) groups excluding carboxylic acids is 1. The molecule has 0 radical (unpaired) electrons. The number of halogens is 1. The van der Waals surface area contributed by atoms with Gasteiger partial charge >= 0.3 is 0 Å². The summed E-state index contributed by atoms with van der Waals surface area (Å²) in [7, 11) is 3.11. The maximum atomic E-state index is 13.1. The summed E-state index contributed by atoms with van der Waals surface area (Å²) in [5.41, 5.74) is 1.59. The van der Waals surface area contributed by atoms with E-state index in [9.17, 15) is 14.3 Å². The fourth-order valence-electron chi connectivity index (χ4n) is 2.92. The van der Waals surface area contributed by atoms with Crippen molar-refractivity contribution in [2.45, 2.75) is 6.54 Å². The smallest absolute Gasteiger partial charge is 0.274 e. The van der Waals surface area contributed by atoms with Crippen molar-refractivity contribution in [1.82, 2.24) is 14.7 Å². The number of aliphatic hydroxyl groups is 1. The summed E-state index contributed by atoms with van der Waals surface area (Å²) < 4.78 is 25.2. The van der Waals surface area contributed by atoms with Gasteiger partial charge in [0.1, 0.15) is 17.3 Å². The minimum Gasteiger partial charge on any atom is -0.497 e. The van der Waals surface area contributed by atoms with Crippen LogP contribution in [0.25, 0.3) is 5.69 Å². The first kappa shape index (κ1) is 20.3. The van der Waals surface area contributed by atoms with Gasteiger partial charge in [0.25, 0.3) is 5.91 Å². The summed E-state index contributed by atoms with van der Waals surface area (Å²) in [5, 5.41) is 13.7. The molecule has 0 aliphatic carbocycles.